The standard InChI is InChI=1S/C24H27F6N5O2S.2ClH/c25-23(26,27)13-37-19-3-1-2-16-18(11-20(24(28,29)30)32-21(16)19)34-6-4-33(5-7-34)15-10-17(31-12-15)22(36)35-8-9-38-14-35;;/h1-3,11,15,17,31H,4-10,12-14H2;2*1H/t15-,17-;;/m0../s1. The zero-order valence-electron chi connectivity index (χ0n) is 21.1. The van der Waals surface area contributed by atoms with Gasteiger partial charge < -0.3 is 19.9 Å². The van der Waals surface area contributed by atoms with Gasteiger partial charge in [0.2, 0.25) is 5.91 Å². The predicted molar refractivity (Wildman–Crippen MR) is 146 cm³/mol. The first-order valence-corrected chi connectivity index (χ1v) is 13.4. The number of aromatic nitrogens is 1. The molecule has 3 fully saturated rings. The highest BCUT2D eigenvalue weighted by Gasteiger charge is 2.38. The number of nitrogens with zero attached hydrogens (tertiary/aromatic N) is 4. The van der Waals surface area contributed by atoms with E-state index in [2.05, 4.69) is 15.2 Å². The molecule has 3 aliphatic rings. The molecule has 1 aromatic heterocycles. The quantitative estimate of drug-likeness (QED) is 0.488. The van der Waals surface area contributed by atoms with Crippen LogP contribution in [0, 0.1) is 0 Å². The van der Waals surface area contributed by atoms with Gasteiger partial charge in [0, 0.05) is 62.1 Å². The number of ether oxygens (including phenoxy) is 1. The van der Waals surface area contributed by atoms with Crippen molar-refractivity contribution in [1.29, 1.82) is 0 Å². The van der Waals surface area contributed by atoms with E-state index in [0.717, 1.165) is 18.4 Å². The third-order valence-electron chi connectivity index (χ3n) is 7.10. The van der Waals surface area contributed by atoms with Gasteiger partial charge >= 0.3 is 12.4 Å². The van der Waals surface area contributed by atoms with Crippen LogP contribution < -0.4 is 15.0 Å². The number of rotatable bonds is 5. The van der Waals surface area contributed by atoms with Crippen molar-refractivity contribution in [2.75, 3.05) is 62.4 Å². The fourth-order valence-electron chi connectivity index (χ4n) is 5.21. The maximum absolute atomic E-state index is 13.7. The number of amides is 1. The molecule has 2 atom stereocenters. The number of fused-ring (bicyclic) bond motifs is 1. The van der Waals surface area contributed by atoms with Crippen molar-refractivity contribution in [2.45, 2.75) is 30.9 Å². The zero-order chi connectivity index (χ0) is 27.1. The summed E-state index contributed by atoms with van der Waals surface area (Å²) in [5.74, 6) is 1.42. The number of nitrogens with one attached hydrogen (secondary N) is 1. The van der Waals surface area contributed by atoms with Gasteiger partial charge in [0.15, 0.2) is 6.61 Å². The third kappa shape index (κ3) is 7.30. The summed E-state index contributed by atoms with van der Waals surface area (Å²) < 4.78 is 84.1. The fraction of sp³-hybridized carbons (Fsp3) is 0.583. The monoisotopic (exact) mass is 635 g/mol. The second-order valence-corrected chi connectivity index (χ2v) is 10.7. The molecule has 0 bridgehead atoms. The minimum atomic E-state index is -4.78. The van der Waals surface area contributed by atoms with E-state index in [1.165, 1.54) is 12.1 Å². The molecular weight excluding hydrogens is 607 g/mol. The Labute approximate surface area is 243 Å². The van der Waals surface area contributed by atoms with Crippen LogP contribution in [0.4, 0.5) is 32.0 Å². The smallest absolute Gasteiger partial charge is 0.433 e. The highest BCUT2D eigenvalue weighted by Crippen LogP contribution is 2.38. The van der Waals surface area contributed by atoms with E-state index in [9.17, 15) is 31.1 Å². The molecule has 16 heteroatoms. The summed E-state index contributed by atoms with van der Waals surface area (Å²) in [6.45, 7) is 1.77. The molecule has 0 saturated carbocycles. The minimum Gasteiger partial charge on any atom is -0.482 e. The summed E-state index contributed by atoms with van der Waals surface area (Å²) in [5, 5.41) is 3.61. The normalized spacial score (nSPS) is 22.2. The van der Waals surface area contributed by atoms with E-state index in [-0.39, 0.29) is 59.8 Å². The maximum Gasteiger partial charge on any atom is 0.433 e. The van der Waals surface area contributed by atoms with Crippen molar-refractivity contribution in [1.82, 2.24) is 20.1 Å². The van der Waals surface area contributed by atoms with Crippen molar-refractivity contribution in [3.05, 3.63) is 30.0 Å². The van der Waals surface area contributed by atoms with Crippen LogP contribution >= 0.6 is 36.6 Å². The number of carbonyl (C=O) groups excluding carboxylic acids is 1. The molecule has 40 heavy (non-hydrogen) atoms. The predicted octanol–water partition coefficient (Wildman–Crippen LogP) is 4.42. The molecule has 5 rings (SSSR count). The molecule has 0 radical (unpaired) electrons. The summed E-state index contributed by atoms with van der Waals surface area (Å²) in [6.07, 6.45) is -8.75. The lowest BCUT2D eigenvalue weighted by molar-refractivity contribution is -0.153. The first-order chi connectivity index (χ1) is 18.0. The molecule has 1 N–H and O–H groups in total. The Bertz CT molecular complexity index is 1180. The van der Waals surface area contributed by atoms with E-state index in [1.54, 1.807) is 22.7 Å². The topological polar surface area (TPSA) is 60.9 Å². The molecule has 0 unspecified atom stereocenters. The summed E-state index contributed by atoms with van der Waals surface area (Å²) >= 11 is 1.73. The fourth-order valence-corrected chi connectivity index (χ4v) is 6.16. The molecule has 1 aromatic carbocycles. The van der Waals surface area contributed by atoms with Crippen molar-refractivity contribution in [3.8, 4) is 5.75 Å². The van der Waals surface area contributed by atoms with Crippen molar-refractivity contribution < 1.29 is 35.9 Å². The lowest BCUT2D eigenvalue weighted by atomic mass is 10.1. The molecule has 7 nitrogen and oxygen atoms in total. The lowest BCUT2D eigenvalue weighted by Gasteiger charge is -2.39. The van der Waals surface area contributed by atoms with Gasteiger partial charge in [-0.1, -0.05) is 12.1 Å². The number of pyridine rings is 1. The molecule has 0 spiro atoms. The van der Waals surface area contributed by atoms with E-state index in [1.807, 2.05) is 4.90 Å². The van der Waals surface area contributed by atoms with E-state index < -0.39 is 24.7 Å². The molecule has 2 aromatic rings. The van der Waals surface area contributed by atoms with Gasteiger partial charge in [-0.25, -0.2) is 4.98 Å². The number of carbonyl (C=O) groups is 1. The Morgan fingerprint density at radius 2 is 1.80 bits per heavy atom. The van der Waals surface area contributed by atoms with Crippen LogP contribution in [0.1, 0.15) is 12.1 Å². The van der Waals surface area contributed by atoms with Crippen LogP contribution in [0.15, 0.2) is 24.3 Å². The number of halogens is 8. The first kappa shape index (κ1) is 32.6. The second-order valence-electron chi connectivity index (χ2n) is 9.59. The highest BCUT2D eigenvalue weighted by molar-refractivity contribution is 7.99. The number of hydrogen-bond donors (Lipinski definition) is 1. The molecule has 0 aliphatic carbocycles. The summed E-state index contributed by atoms with van der Waals surface area (Å²) in [6, 6.07) is 5.04. The van der Waals surface area contributed by atoms with Gasteiger partial charge in [0.05, 0.1) is 11.9 Å². The van der Waals surface area contributed by atoms with Gasteiger partial charge in [-0.2, -0.15) is 26.3 Å². The van der Waals surface area contributed by atoms with Crippen molar-refractivity contribution in [2.24, 2.45) is 0 Å². The van der Waals surface area contributed by atoms with Crippen LogP contribution in [-0.4, -0.2) is 96.5 Å². The Kier molecular flexibility index (Phi) is 10.6. The number of thioether (sulfide) groups is 1. The number of alkyl halides is 6. The van der Waals surface area contributed by atoms with Crippen molar-refractivity contribution in [3.63, 3.8) is 0 Å². The Morgan fingerprint density at radius 1 is 1.07 bits per heavy atom. The summed E-state index contributed by atoms with van der Waals surface area (Å²) in [5.41, 5.74) is -1.19. The minimum absolute atomic E-state index is 0. The number of para-hydroxylation sites is 1. The third-order valence-corrected chi connectivity index (χ3v) is 8.07. The Morgan fingerprint density at radius 3 is 2.42 bits per heavy atom. The Hall–Kier alpha value is -1.87. The van der Waals surface area contributed by atoms with E-state index in [4.69, 9.17) is 4.74 Å². The van der Waals surface area contributed by atoms with Gasteiger partial charge in [0.25, 0.3) is 0 Å². The Balaban J connectivity index is 0.00000220. The van der Waals surface area contributed by atoms with Crippen molar-refractivity contribution >= 4 is 59.1 Å². The molecule has 4 heterocycles. The summed E-state index contributed by atoms with van der Waals surface area (Å²) in [7, 11) is 0. The number of anilines is 1. The van der Waals surface area contributed by atoms with Gasteiger partial charge in [-0.3, -0.25) is 9.69 Å². The second kappa shape index (κ2) is 13.0. The summed E-state index contributed by atoms with van der Waals surface area (Å²) in [4.78, 5) is 22.3. The first-order valence-electron chi connectivity index (χ1n) is 12.3. The zero-order valence-corrected chi connectivity index (χ0v) is 23.6. The molecule has 224 valence electrons. The number of piperazine rings is 1. The number of hydrogen-bond acceptors (Lipinski definition) is 7. The van der Waals surface area contributed by atoms with Crippen LogP contribution in [0.5, 0.6) is 5.75 Å². The van der Waals surface area contributed by atoms with E-state index >= 15 is 0 Å². The molecule has 1 amide bonds. The average Bonchev–Trinajstić information content (AvgIpc) is 3.58. The molecule has 3 saturated heterocycles. The van der Waals surface area contributed by atoms with Crippen LogP contribution in [0.2, 0.25) is 0 Å². The SMILES string of the molecule is Cl.Cl.O=C([C@@H]1C[C@H](N2CCN(c3cc(C(F)(F)F)nc4c(OCC(F)(F)F)cccc34)CC2)CN1)N1CCSC1. The largest absolute Gasteiger partial charge is 0.482 e. The molecule has 3 aliphatic heterocycles. The van der Waals surface area contributed by atoms with E-state index in [0.29, 0.717) is 50.4 Å². The van der Waals surface area contributed by atoms with Gasteiger partial charge in [-0.15, -0.1) is 36.6 Å². The highest BCUT2D eigenvalue weighted by atomic mass is 35.5. The van der Waals surface area contributed by atoms with Gasteiger partial charge in [0.1, 0.15) is 17.0 Å². The maximum atomic E-state index is 13.7. The molecular formula is C24H29Cl2F6N5O2S. The van der Waals surface area contributed by atoms with Crippen LogP contribution in [0.25, 0.3) is 10.9 Å². The van der Waals surface area contributed by atoms with Crippen LogP contribution in [-0.2, 0) is 11.0 Å². The number of benzene rings is 1. The van der Waals surface area contributed by atoms with Gasteiger partial charge in [-0.05, 0) is 18.6 Å². The average molecular weight is 636 g/mol. The lowest BCUT2D eigenvalue weighted by Crippen LogP contribution is -2.51. The van der Waals surface area contributed by atoms with Crippen LogP contribution in [0.3, 0.4) is 0 Å².